The Morgan fingerprint density at radius 3 is 2.38 bits per heavy atom. The van der Waals surface area contributed by atoms with Gasteiger partial charge in [0.25, 0.3) is 0 Å². The molecule has 0 bridgehead atoms. The van der Waals surface area contributed by atoms with Gasteiger partial charge in [-0.15, -0.1) is 0 Å². The van der Waals surface area contributed by atoms with Crippen molar-refractivity contribution in [3.05, 3.63) is 29.3 Å². The largest absolute Gasteiger partial charge is 0.385 e. The quantitative estimate of drug-likeness (QED) is 0.652. The lowest BCUT2D eigenvalue weighted by atomic mass is 10.0. The third kappa shape index (κ3) is 6.27. The summed E-state index contributed by atoms with van der Waals surface area (Å²) in [5.41, 5.74) is 3.42. The Morgan fingerprint density at radius 2 is 1.81 bits per heavy atom. The van der Waals surface area contributed by atoms with Gasteiger partial charge in [0.1, 0.15) is 0 Å². The van der Waals surface area contributed by atoms with Gasteiger partial charge in [0.2, 0.25) is 5.91 Å². The first-order valence-electron chi connectivity index (χ1n) is 7.83. The molecular formula is C17H28N2O2. The highest BCUT2D eigenvalue weighted by atomic mass is 16.5. The number of anilines is 1. The minimum Gasteiger partial charge on any atom is -0.385 e. The van der Waals surface area contributed by atoms with Gasteiger partial charge >= 0.3 is 0 Å². The summed E-state index contributed by atoms with van der Waals surface area (Å²) in [5.74, 6) is 0.0739. The van der Waals surface area contributed by atoms with Gasteiger partial charge in [-0.3, -0.25) is 4.79 Å². The second kappa shape index (κ2) is 10.4. The van der Waals surface area contributed by atoms with Crippen LogP contribution in [0.3, 0.4) is 0 Å². The Morgan fingerprint density at radius 1 is 1.14 bits per heavy atom. The molecule has 1 rings (SSSR count). The molecule has 1 aromatic rings. The molecule has 4 nitrogen and oxygen atoms in total. The number of carbonyl (C=O) groups is 1. The van der Waals surface area contributed by atoms with E-state index in [0.717, 1.165) is 38.1 Å². The molecule has 1 aromatic carbocycles. The number of carbonyl (C=O) groups excluding carboxylic acids is 1. The number of methoxy groups -OCH3 is 1. The lowest BCUT2D eigenvalue weighted by Gasteiger charge is -2.14. The lowest BCUT2D eigenvalue weighted by Crippen LogP contribution is -2.24. The average molecular weight is 292 g/mol. The first-order chi connectivity index (χ1) is 10.2. The maximum Gasteiger partial charge on any atom is 0.225 e. The Balaban J connectivity index is 2.44. The summed E-state index contributed by atoms with van der Waals surface area (Å²) in [6, 6.07) is 6.22. The minimum atomic E-state index is 0.0739. The summed E-state index contributed by atoms with van der Waals surface area (Å²) in [6.45, 7) is 6.56. The maximum absolute atomic E-state index is 12.1. The number of rotatable bonds is 10. The standard InChI is InChI=1S/C17H28N2O2/c1-4-14-8-6-9-15(5-2)17(14)19-16(20)10-12-18-11-7-13-21-3/h6,8-9,18H,4-5,7,10-13H2,1-3H3,(H,19,20). The van der Waals surface area contributed by atoms with Gasteiger partial charge in [0, 0.05) is 32.4 Å². The van der Waals surface area contributed by atoms with Crippen LogP contribution in [0.15, 0.2) is 18.2 Å². The van der Waals surface area contributed by atoms with E-state index in [4.69, 9.17) is 4.74 Å². The molecule has 0 aliphatic carbocycles. The van der Waals surface area contributed by atoms with Crippen LogP contribution in [0.4, 0.5) is 5.69 Å². The van der Waals surface area contributed by atoms with Crippen molar-refractivity contribution < 1.29 is 9.53 Å². The van der Waals surface area contributed by atoms with E-state index >= 15 is 0 Å². The highest BCUT2D eigenvalue weighted by Crippen LogP contribution is 2.22. The summed E-state index contributed by atoms with van der Waals surface area (Å²) in [7, 11) is 1.70. The molecule has 0 saturated heterocycles. The van der Waals surface area contributed by atoms with E-state index in [1.165, 1.54) is 11.1 Å². The predicted octanol–water partition coefficient (Wildman–Crippen LogP) is 2.77. The van der Waals surface area contributed by atoms with Crippen LogP contribution in [0.5, 0.6) is 0 Å². The van der Waals surface area contributed by atoms with E-state index < -0.39 is 0 Å². The maximum atomic E-state index is 12.1. The summed E-state index contributed by atoms with van der Waals surface area (Å²) in [4.78, 5) is 12.1. The molecule has 1 amide bonds. The summed E-state index contributed by atoms with van der Waals surface area (Å²) in [6.07, 6.45) is 3.32. The van der Waals surface area contributed by atoms with Gasteiger partial charge in [-0.1, -0.05) is 32.0 Å². The Labute approximate surface area is 128 Å². The van der Waals surface area contributed by atoms with Gasteiger partial charge in [0.15, 0.2) is 0 Å². The summed E-state index contributed by atoms with van der Waals surface area (Å²) >= 11 is 0. The molecule has 0 aromatic heterocycles. The molecule has 0 fully saturated rings. The van der Waals surface area contributed by atoms with E-state index in [0.29, 0.717) is 13.0 Å². The second-order valence-corrected chi connectivity index (χ2v) is 5.05. The number of para-hydroxylation sites is 1. The molecule has 2 N–H and O–H groups in total. The van der Waals surface area contributed by atoms with Crippen molar-refractivity contribution in [3.8, 4) is 0 Å². The van der Waals surface area contributed by atoms with Gasteiger partial charge in [0.05, 0.1) is 0 Å². The molecule has 118 valence electrons. The van der Waals surface area contributed by atoms with Crippen molar-refractivity contribution >= 4 is 11.6 Å². The number of benzene rings is 1. The molecule has 21 heavy (non-hydrogen) atoms. The highest BCUT2D eigenvalue weighted by molar-refractivity contribution is 5.92. The fourth-order valence-electron chi connectivity index (χ4n) is 2.27. The number of ether oxygens (including phenoxy) is 1. The lowest BCUT2D eigenvalue weighted by molar-refractivity contribution is -0.116. The molecule has 0 aliphatic rings. The first kappa shape index (κ1) is 17.7. The number of nitrogens with one attached hydrogen (secondary N) is 2. The van der Waals surface area contributed by atoms with E-state index in [1.807, 2.05) is 0 Å². The van der Waals surface area contributed by atoms with Crippen molar-refractivity contribution in [3.63, 3.8) is 0 Å². The van der Waals surface area contributed by atoms with Gasteiger partial charge in [-0.05, 0) is 36.9 Å². The third-order valence-corrected chi connectivity index (χ3v) is 3.49. The van der Waals surface area contributed by atoms with Crippen molar-refractivity contribution in [1.29, 1.82) is 0 Å². The minimum absolute atomic E-state index is 0.0739. The third-order valence-electron chi connectivity index (χ3n) is 3.49. The fraction of sp³-hybridized carbons (Fsp3) is 0.588. The SMILES string of the molecule is CCc1cccc(CC)c1NC(=O)CCNCCCOC. The zero-order chi connectivity index (χ0) is 15.5. The van der Waals surface area contributed by atoms with Crippen molar-refractivity contribution in [2.24, 2.45) is 0 Å². The van der Waals surface area contributed by atoms with E-state index in [9.17, 15) is 4.79 Å². The van der Waals surface area contributed by atoms with Crippen LogP contribution in [0, 0.1) is 0 Å². The van der Waals surface area contributed by atoms with E-state index in [2.05, 4.69) is 42.7 Å². The van der Waals surface area contributed by atoms with Gasteiger partial charge in [-0.2, -0.15) is 0 Å². The molecule has 0 unspecified atom stereocenters. The van der Waals surface area contributed by atoms with Crippen LogP contribution < -0.4 is 10.6 Å². The number of hydrogen-bond acceptors (Lipinski definition) is 3. The first-order valence-corrected chi connectivity index (χ1v) is 7.83. The zero-order valence-electron chi connectivity index (χ0n) is 13.5. The number of aryl methyl sites for hydroxylation is 2. The topological polar surface area (TPSA) is 50.4 Å². The Hall–Kier alpha value is -1.39. The van der Waals surface area contributed by atoms with Gasteiger partial charge in [-0.25, -0.2) is 0 Å². The summed E-state index contributed by atoms with van der Waals surface area (Å²) < 4.78 is 4.98. The molecule has 0 aliphatic heterocycles. The monoisotopic (exact) mass is 292 g/mol. The molecule has 4 heteroatoms. The van der Waals surface area contributed by atoms with Crippen molar-refractivity contribution in [2.75, 3.05) is 32.1 Å². The van der Waals surface area contributed by atoms with Crippen LogP contribution >= 0.6 is 0 Å². The highest BCUT2D eigenvalue weighted by Gasteiger charge is 2.09. The van der Waals surface area contributed by atoms with Crippen molar-refractivity contribution in [1.82, 2.24) is 5.32 Å². The zero-order valence-corrected chi connectivity index (χ0v) is 13.5. The van der Waals surface area contributed by atoms with Gasteiger partial charge < -0.3 is 15.4 Å². The molecular weight excluding hydrogens is 264 g/mol. The molecule has 0 heterocycles. The van der Waals surface area contributed by atoms with Crippen LogP contribution in [-0.4, -0.2) is 32.7 Å². The number of hydrogen-bond donors (Lipinski definition) is 2. The summed E-state index contributed by atoms with van der Waals surface area (Å²) in [5, 5.41) is 6.33. The van der Waals surface area contributed by atoms with Crippen LogP contribution in [-0.2, 0) is 22.4 Å². The van der Waals surface area contributed by atoms with E-state index in [-0.39, 0.29) is 5.91 Å². The van der Waals surface area contributed by atoms with Crippen LogP contribution in [0.2, 0.25) is 0 Å². The molecule has 0 spiro atoms. The fourth-order valence-corrected chi connectivity index (χ4v) is 2.27. The van der Waals surface area contributed by atoms with Crippen LogP contribution in [0.25, 0.3) is 0 Å². The molecule has 0 atom stereocenters. The van der Waals surface area contributed by atoms with E-state index in [1.54, 1.807) is 7.11 Å². The average Bonchev–Trinajstić information content (AvgIpc) is 2.51. The number of amides is 1. The predicted molar refractivity (Wildman–Crippen MR) is 87.8 cm³/mol. The molecule has 0 radical (unpaired) electrons. The normalized spacial score (nSPS) is 10.6. The second-order valence-electron chi connectivity index (χ2n) is 5.05. The van der Waals surface area contributed by atoms with Crippen LogP contribution in [0.1, 0.15) is 37.8 Å². The Kier molecular flexibility index (Phi) is 8.71. The smallest absolute Gasteiger partial charge is 0.225 e. The van der Waals surface area contributed by atoms with Crippen molar-refractivity contribution in [2.45, 2.75) is 39.5 Å². The molecule has 0 saturated carbocycles. The Bertz CT molecular complexity index is 411.